The van der Waals surface area contributed by atoms with Crippen molar-refractivity contribution in [1.29, 1.82) is 0 Å². The number of aryl methyl sites for hydroxylation is 2. The Morgan fingerprint density at radius 3 is 2.68 bits per heavy atom. The molecule has 0 saturated carbocycles. The van der Waals surface area contributed by atoms with Crippen molar-refractivity contribution < 1.29 is 14.3 Å². The molecule has 0 bridgehead atoms. The quantitative estimate of drug-likeness (QED) is 0.539. The molecule has 0 radical (unpaired) electrons. The maximum absolute atomic E-state index is 12.9. The van der Waals surface area contributed by atoms with E-state index in [9.17, 15) is 4.79 Å². The number of amides is 1. The largest absolute Gasteiger partial charge is 0.383 e. The second-order valence-corrected chi connectivity index (χ2v) is 9.65. The minimum absolute atomic E-state index is 0.0307. The van der Waals surface area contributed by atoms with Crippen LogP contribution in [0.1, 0.15) is 36.5 Å². The zero-order valence-corrected chi connectivity index (χ0v) is 20.1. The summed E-state index contributed by atoms with van der Waals surface area (Å²) in [5, 5.41) is 7.46. The van der Waals surface area contributed by atoms with Crippen LogP contribution in [0.5, 0.6) is 0 Å². The molecule has 0 aromatic carbocycles. The molecule has 3 heterocycles. The summed E-state index contributed by atoms with van der Waals surface area (Å²) < 4.78 is 10.5. The molecular weight excluding hydrogens is 414 g/mol. The average Bonchev–Trinajstić information content (AvgIpc) is 3.01. The molecule has 1 atom stereocenters. The smallest absolute Gasteiger partial charge is 0.242 e. The molecule has 1 fully saturated rings. The molecule has 1 aliphatic heterocycles. The van der Waals surface area contributed by atoms with E-state index >= 15 is 0 Å². The molecule has 0 aliphatic carbocycles. The monoisotopic (exact) mass is 449 g/mol. The van der Waals surface area contributed by atoms with Crippen LogP contribution in [0, 0.1) is 19.8 Å². The van der Waals surface area contributed by atoms with E-state index < -0.39 is 0 Å². The van der Waals surface area contributed by atoms with Crippen LogP contribution in [0.2, 0.25) is 0 Å². The minimum atomic E-state index is -0.370. The summed E-state index contributed by atoms with van der Waals surface area (Å²) in [6, 6.07) is -0.370. The van der Waals surface area contributed by atoms with Gasteiger partial charge in [-0.25, -0.2) is 9.97 Å². The van der Waals surface area contributed by atoms with Crippen LogP contribution in [0.15, 0.2) is 0 Å². The van der Waals surface area contributed by atoms with Crippen molar-refractivity contribution in [2.75, 3.05) is 51.9 Å². The van der Waals surface area contributed by atoms with Crippen molar-refractivity contribution in [3.63, 3.8) is 0 Å². The number of ether oxygens (including phenoxy) is 2. The third kappa shape index (κ3) is 6.35. The maximum Gasteiger partial charge on any atom is 0.242 e. The number of hydrogen-bond donors (Lipinski definition) is 2. The summed E-state index contributed by atoms with van der Waals surface area (Å²) in [6.45, 7) is 13.3. The van der Waals surface area contributed by atoms with E-state index in [1.807, 2.05) is 0 Å². The zero-order chi connectivity index (χ0) is 22.4. The number of methoxy groups -OCH3 is 1. The fourth-order valence-electron chi connectivity index (χ4n) is 3.70. The number of thiophene rings is 1. The lowest BCUT2D eigenvalue weighted by Crippen LogP contribution is -2.42. The second-order valence-electron chi connectivity index (χ2n) is 8.45. The van der Waals surface area contributed by atoms with Crippen LogP contribution in [0.4, 0.5) is 5.82 Å². The maximum atomic E-state index is 12.9. The molecular formula is C22H35N5O3S. The first-order valence-corrected chi connectivity index (χ1v) is 11.8. The molecule has 31 heavy (non-hydrogen) atoms. The van der Waals surface area contributed by atoms with E-state index in [1.165, 1.54) is 10.4 Å². The molecule has 2 N–H and O–H groups in total. The Labute approximate surface area is 188 Å². The predicted molar refractivity (Wildman–Crippen MR) is 125 cm³/mol. The third-order valence-electron chi connectivity index (χ3n) is 5.48. The molecule has 2 aromatic rings. The minimum Gasteiger partial charge on any atom is -0.383 e. The fourth-order valence-corrected chi connectivity index (χ4v) is 4.74. The lowest BCUT2D eigenvalue weighted by atomic mass is 10.0. The number of nitrogens with one attached hydrogen (secondary N) is 2. The van der Waals surface area contributed by atoms with Gasteiger partial charge in [0.15, 0.2) is 0 Å². The summed E-state index contributed by atoms with van der Waals surface area (Å²) in [4.78, 5) is 27.1. The molecule has 0 spiro atoms. The van der Waals surface area contributed by atoms with Gasteiger partial charge in [-0.05, 0) is 31.7 Å². The highest BCUT2D eigenvalue weighted by Crippen LogP contribution is 2.34. The first-order chi connectivity index (χ1) is 14.9. The van der Waals surface area contributed by atoms with E-state index in [0.717, 1.165) is 48.2 Å². The Morgan fingerprint density at radius 1 is 1.26 bits per heavy atom. The van der Waals surface area contributed by atoms with Crippen LogP contribution in [-0.4, -0.2) is 73.4 Å². The van der Waals surface area contributed by atoms with Gasteiger partial charge in [-0.3, -0.25) is 9.69 Å². The number of carbonyl (C=O) groups is 1. The number of hydrogen-bond acceptors (Lipinski definition) is 8. The Balaban J connectivity index is 1.89. The lowest BCUT2D eigenvalue weighted by molar-refractivity contribution is -0.122. The molecule has 0 unspecified atom stereocenters. The number of nitrogens with zero attached hydrogens (tertiary/aromatic N) is 3. The lowest BCUT2D eigenvalue weighted by Gasteiger charge is -2.26. The highest BCUT2D eigenvalue weighted by Gasteiger charge is 2.24. The topological polar surface area (TPSA) is 88.6 Å². The van der Waals surface area contributed by atoms with Crippen molar-refractivity contribution in [2.24, 2.45) is 5.92 Å². The summed E-state index contributed by atoms with van der Waals surface area (Å²) in [7, 11) is 1.63. The third-order valence-corrected chi connectivity index (χ3v) is 6.58. The molecule has 172 valence electrons. The van der Waals surface area contributed by atoms with Crippen molar-refractivity contribution in [3.05, 3.63) is 16.3 Å². The number of anilines is 1. The van der Waals surface area contributed by atoms with Crippen LogP contribution >= 0.6 is 11.3 Å². The number of carbonyl (C=O) groups excluding carboxylic acids is 1. The Hall–Kier alpha value is -1.81. The Morgan fingerprint density at radius 2 is 2.00 bits per heavy atom. The highest BCUT2D eigenvalue weighted by atomic mass is 32.1. The van der Waals surface area contributed by atoms with Gasteiger partial charge < -0.3 is 20.1 Å². The van der Waals surface area contributed by atoms with Crippen molar-refractivity contribution in [2.45, 2.75) is 46.7 Å². The summed E-state index contributed by atoms with van der Waals surface area (Å²) >= 11 is 1.68. The van der Waals surface area contributed by atoms with Gasteiger partial charge in [-0.1, -0.05) is 13.8 Å². The van der Waals surface area contributed by atoms with Gasteiger partial charge in [-0.2, -0.15) is 0 Å². The molecule has 1 aliphatic rings. The number of rotatable bonds is 10. The van der Waals surface area contributed by atoms with Gasteiger partial charge in [0.1, 0.15) is 22.5 Å². The van der Waals surface area contributed by atoms with Crippen LogP contribution in [-0.2, 0) is 20.8 Å². The molecule has 1 saturated heterocycles. The van der Waals surface area contributed by atoms with Crippen LogP contribution in [0.3, 0.4) is 0 Å². The highest BCUT2D eigenvalue weighted by molar-refractivity contribution is 7.18. The van der Waals surface area contributed by atoms with E-state index in [-0.39, 0.29) is 11.9 Å². The summed E-state index contributed by atoms with van der Waals surface area (Å²) in [5.41, 5.74) is 1.17. The van der Waals surface area contributed by atoms with Gasteiger partial charge in [0.05, 0.1) is 31.8 Å². The number of morpholine rings is 1. The predicted octanol–water partition coefficient (Wildman–Crippen LogP) is 2.73. The first-order valence-electron chi connectivity index (χ1n) is 11.0. The van der Waals surface area contributed by atoms with Crippen molar-refractivity contribution >= 4 is 33.3 Å². The van der Waals surface area contributed by atoms with Gasteiger partial charge >= 0.3 is 0 Å². The van der Waals surface area contributed by atoms with E-state index in [4.69, 9.17) is 19.4 Å². The number of fused-ring (bicyclic) bond motifs is 1. The first kappa shape index (κ1) is 23.8. The Bertz CT molecular complexity index is 880. The van der Waals surface area contributed by atoms with E-state index in [0.29, 0.717) is 32.0 Å². The SMILES string of the molecule is COCCNC(=O)[C@H](CC(C)C)Nc1nc(CN2CCOCC2)nc2sc(C)c(C)c12. The second kappa shape index (κ2) is 11.2. The standard InChI is InChI=1S/C22H35N5O3S/c1-14(2)12-17(21(28)23-6-9-29-5)24-20-19-15(3)16(4)31-22(19)26-18(25-20)13-27-7-10-30-11-8-27/h14,17H,6-13H2,1-5H3,(H,23,28)(H,24,25,26)/t17-/m0/s1. The fraction of sp³-hybridized carbons (Fsp3) is 0.682. The van der Waals surface area contributed by atoms with Gasteiger partial charge in [0.25, 0.3) is 0 Å². The van der Waals surface area contributed by atoms with Gasteiger partial charge in [0, 0.05) is 31.6 Å². The van der Waals surface area contributed by atoms with Crippen LogP contribution in [0.25, 0.3) is 10.2 Å². The van der Waals surface area contributed by atoms with Gasteiger partial charge in [0.2, 0.25) is 5.91 Å². The Kier molecular flexibility index (Phi) is 8.59. The van der Waals surface area contributed by atoms with Crippen molar-refractivity contribution in [3.8, 4) is 0 Å². The normalized spacial score (nSPS) is 16.1. The zero-order valence-electron chi connectivity index (χ0n) is 19.3. The average molecular weight is 450 g/mol. The number of aromatic nitrogens is 2. The molecule has 3 rings (SSSR count). The summed E-state index contributed by atoms with van der Waals surface area (Å²) in [6.07, 6.45) is 0.714. The van der Waals surface area contributed by atoms with Crippen molar-refractivity contribution in [1.82, 2.24) is 20.2 Å². The molecule has 1 amide bonds. The van der Waals surface area contributed by atoms with Gasteiger partial charge in [-0.15, -0.1) is 11.3 Å². The van der Waals surface area contributed by atoms with E-state index in [2.05, 4.69) is 43.2 Å². The van der Waals surface area contributed by atoms with Crippen LogP contribution < -0.4 is 10.6 Å². The van der Waals surface area contributed by atoms with E-state index in [1.54, 1.807) is 18.4 Å². The molecule has 9 heteroatoms. The molecule has 8 nitrogen and oxygen atoms in total. The molecule has 2 aromatic heterocycles. The summed E-state index contributed by atoms with van der Waals surface area (Å²) in [5.74, 6) is 1.86.